The van der Waals surface area contributed by atoms with E-state index in [9.17, 15) is 0 Å². The Morgan fingerprint density at radius 2 is 2.06 bits per heavy atom. The molecule has 1 unspecified atom stereocenters. The standard InChI is InChI=1S/C17H26O/c1-15(14-17-10-6-3-7-11-17)18-13-12-16-8-4-2-5-9-16/h6,10-12,15H,2-5,7-9,13-14H2,1H3. The third-order valence-electron chi connectivity index (χ3n) is 3.84. The van der Waals surface area contributed by atoms with Gasteiger partial charge in [0.1, 0.15) is 0 Å². The summed E-state index contributed by atoms with van der Waals surface area (Å²) in [6, 6.07) is 0. The van der Waals surface area contributed by atoms with Gasteiger partial charge in [-0.1, -0.05) is 36.3 Å². The number of ether oxygens (including phenoxy) is 1. The molecule has 2 rings (SSSR count). The van der Waals surface area contributed by atoms with Crippen LogP contribution in [0.1, 0.15) is 58.3 Å². The van der Waals surface area contributed by atoms with Crippen molar-refractivity contribution in [2.45, 2.75) is 64.4 Å². The highest BCUT2D eigenvalue weighted by atomic mass is 16.5. The van der Waals surface area contributed by atoms with Crippen molar-refractivity contribution in [3.8, 4) is 0 Å². The van der Waals surface area contributed by atoms with E-state index in [4.69, 9.17) is 4.74 Å². The summed E-state index contributed by atoms with van der Waals surface area (Å²) < 4.78 is 5.90. The normalized spacial score (nSPS) is 21.6. The molecule has 2 aliphatic rings. The van der Waals surface area contributed by atoms with Gasteiger partial charge in [-0.3, -0.25) is 0 Å². The quantitative estimate of drug-likeness (QED) is 0.624. The SMILES string of the molecule is CC(CC1=CCCC=C1)OCC=C1CCCCC1. The number of allylic oxidation sites excluding steroid dienone is 4. The minimum atomic E-state index is 0.333. The highest BCUT2D eigenvalue weighted by molar-refractivity contribution is 5.22. The van der Waals surface area contributed by atoms with Crippen LogP contribution in [0.5, 0.6) is 0 Å². The van der Waals surface area contributed by atoms with E-state index < -0.39 is 0 Å². The first kappa shape index (κ1) is 13.6. The van der Waals surface area contributed by atoms with Crippen LogP contribution in [0.2, 0.25) is 0 Å². The van der Waals surface area contributed by atoms with Crippen molar-refractivity contribution < 1.29 is 4.74 Å². The zero-order valence-corrected chi connectivity index (χ0v) is 11.7. The summed E-state index contributed by atoms with van der Waals surface area (Å²) in [6.07, 6.45) is 19.7. The number of rotatable bonds is 5. The molecule has 1 fully saturated rings. The highest BCUT2D eigenvalue weighted by Gasteiger charge is 2.07. The second-order valence-corrected chi connectivity index (χ2v) is 5.53. The van der Waals surface area contributed by atoms with Crippen molar-refractivity contribution in [3.05, 3.63) is 35.5 Å². The average molecular weight is 246 g/mol. The molecule has 0 aromatic heterocycles. The summed E-state index contributed by atoms with van der Waals surface area (Å²) in [5.74, 6) is 0. The first-order chi connectivity index (χ1) is 8.84. The van der Waals surface area contributed by atoms with Gasteiger partial charge in [-0.25, -0.2) is 0 Å². The summed E-state index contributed by atoms with van der Waals surface area (Å²) >= 11 is 0. The van der Waals surface area contributed by atoms with Crippen molar-refractivity contribution in [2.24, 2.45) is 0 Å². The van der Waals surface area contributed by atoms with E-state index >= 15 is 0 Å². The van der Waals surface area contributed by atoms with Gasteiger partial charge in [0.15, 0.2) is 0 Å². The van der Waals surface area contributed by atoms with Crippen LogP contribution in [-0.4, -0.2) is 12.7 Å². The fraction of sp³-hybridized carbons (Fsp3) is 0.647. The van der Waals surface area contributed by atoms with Crippen LogP contribution < -0.4 is 0 Å². The molecule has 18 heavy (non-hydrogen) atoms. The predicted molar refractivity (Wildman–Crippen MR) is 77.7 cm³/mol. The van der Waals surface area contributed by atoms with Crippen LogP contribution in [0.4, 0.5) is 0 Å². The predicted octanol–water partition coefficient (Wildman–Crippen LogP) is 4.95. The zero-order chi connectivity index (χ0) is 12.6. The first-order valence-electron chi connectivity index (χ1n) is 7.49. The van der Waals surface area contributed by atoms with Gasteiger partial charge in [0, 0.05) is 0 Å². The van der Waals surface area contributed by atoms with E-state index in [1.807, 2.05) is 0 Å². The molecule has 0 bridgehead atoms. The number of hydrogen-bond donors (Lipinski definition) is 0. The van der Waals surface area contributed by atoms with Crippen LogP contribution in [0, 0.1) is 0 Å². The molecule has 0 saturated heterocycles. The molecule has 0 aromatic carbocycles. The van der Waals surface area contributed by atoms with Crippen molar-refractivity contribution in [3.63, 3.8) is 0 Å². The molecule has 0 heterocycles. The van der Waals surface area contributed by atoms with E-state index in [0.717, 1.165) is 13.0 Å². The molecule has 0 spiro atoms. The van der Waals surface area contributed by atoms with Gasteiger partial charge in [-0.05, 0) is 57.4 Å². The molecule has 0 radical (unpaired) electrons. The second kappa shape index (κ2) is 7.58. The maximum absolute atomic E-state index is 5.90. The summed E-state index contributed by atoms with van der Waals surface area (Å²) in [4.78, 5) is 0. The Morgan fingerprint density at radius 3 is 2.78 bits per heavy atom. The zero-order valence-electron chi connectivity index (χ0n) is 11.7. The summed E-state index contributed by atoms with van der Waals surface area (Å²) in [7, 11) is 0. The van der Waals surface area contributed by atoms with Gasteiger partial charge in [0.2, 0.25) is 0 Å². The summed E-state index contributed by atoms with van der Waals surface area (Å²) in [6.45, 7) is 2.98. The Labute approximate surface area is 112 Å². The van der Waals surface area contributed by atoms with E-state index in [1.165, 1.54) is 50.5 Å². The van der Waals surface area contributed by atoms with Crippen LogP contribution in [-0.2, 0) is 4.74 Å². The third kappa shape index (κ3) is 4.81. The topological polar surface area (TPSA) is 9.23 Å². The van der Waals surface area contributed by atoms with E-state index in [-0.39, 0.29) is 0 Å². The fourth-order valence-electron chi connectivity index (χ4n) is 2.75. The van der Waals surface area contributed by atoms with Crippen molar-refractivity contribution in [2.75, 3.05) is 6.61 Å². The van der Waals surface area contributed by atoms with Crippen molar-refractivity contribution >= 4 is 0 Å². The lowest BCUT2D eigenvalue weighted by Crippen LogP contribution is -2.10. The largest absolute Gasteiger partial charge is 0.374 e. The lowest BCUT2D eigenvalue weighted by molar-refractivity contribution is 0.0886. The average Bonchev–Trinajstić information content (AvgIpc) is 2.41. The molecule has 100 valence electrons. The second-order valence-electron chi connectivity index (χ2n) is 5.53. The van der Waals surface area contributed by atoms with E-state index in [0.29, 0.717) is 6.10 Å². The van der Waals surface area contributed by atoms with Gasteiger partial charge in [0.25, 0.3) is 0 Å². The summed E-state index contributed by atoms with van der Waals surface area (Å²) in [5, 5.41) is 0. The minimum absolute atomic E-state index is 0.333. The monoisotopic (exact) mass is 246 g/mol. The van der Waals surface area contributed by atoms with Crippen LogP contribution in [0.3, 0.4) is 0 Å². The lowest BCUT2D eigenvalue weighted by Gasteiger charge is -2.16. The van der Waals surface area contributed by atoms with Gasteiger partial charge < -0.3 is 4.74 Å². The van der Waals surface area contributed by atoms with Crippen LogP contribution >= 0.6 is 0 Å². The van der Waals surface area contributed by atoms with Gasteiger partial charge in [0.05, 0.1) is 12.7 Å². The van der Waals surface area contributed by atoms with Crippen molar-refractivity contribution in [1.82, 2.24) is 0 Å². The molecule has 0 amide bonds. The van der Waals surface area contributed by atoms with Gasteiger partial charge in [-0.15, -0.1) is 0 Å². The Hall–Kier alpha value is -0.820. The maximum atomic E-state index is 5.90. The van der Waals surface area contributed by atoms with Gasteiger partial charge in [-0.2, -0.15) is 0 Å². The maximum Gasteiger partial charge on any atom is 0.0653 e. The minimum Gasteiger partial charge on any atom is -0.374 e. The smallest absolute Gasteiger partial charge is 0.0653 e. The molecule has 1 atom stereocenters. The fourth-order valence-corrected chi connectivity index (χ4v) is 2.75. The Bertz CT molecular complexity index is 328. The highest BCUT2D eigenvalue weighted by Crippen LogP contribution is 2.22. The molecule has 1 nitrogen and oxygen atoms in total. The molecule has 0 aliphatic heterocycles. The number of hydrogen-bond acceptors (Lipinski definition) is 1. The van der Waals surface area contributed by atoms with Gasteiger partial charge >= 0.3 is 0 Å². The molecule has 2 aliphatic carbocycles. The Kier molecular flexibility index (Phi) is 5.73. The molecule has 1 saturated carbocycles. The molecule has 1 heteroatoms. The van der Waals surface area contributed by atoms with Crippen LogP contribution in [0.15, 0.2) is 35.5 Å². The Balaban J connectivity index is 1.66. The molecule has 0 N–H and O–H groups in total. The molecule has 0 aromatic rings. The lowest BCUT2D eigenvalue weighted by atomic mass is 9.95. The van der Waals surface area contributed by atoms with E-state index in [1.54, 1.807) is 5.57 Å². The third-order valence-corrected chi connectivity index (χ3v) is 3.84. The van der Waals surface area contributed by atoms with Crippen LogP contribution in [0.25, 0.3) is 0 Å². The van der Waals surface area contributed by atoms with E-state index in [2.05, 4.69) is 31.2 Å². The Morgan fingerprint density at radius 1 is 1.22 bits per heavy atom. The first-order valence-corrected chi connectivity index (χ1v) is 7.49. The van der Waals surface area contributed by atoms with Crippen molar-refractivity contribution in [1.29, 1.82) is 0 Å². The summed E-state index contributed by atoms with van der Waals surface area (Å²) in [5.41, 5.74) is 3.06. The molecular formula is C17H26O. The molecular weight excluding hydrogens is 220 g/mol.